The Morgan fingerprint density at radius 3 is 2.50 bits per heavy atom. The van der Waals surface area contributed by atoms with E-state index in [2.05, 4.69) is 9.97 Å². The minimum absolute atomic E-state index is 0.0409. The van der Waals surface area contributed by atoms with Crippen LogP contribution in [0.3, 0.4) is 0 Å². The number of hydrogen-bond donors (Lipinski definition) is 0. The van der Waals surface area contributed by atoms with Crippen molar-refractivity contribution in [1.82, 2.24) is 9.97 Å². The molecule has 0 saturated heterocycles. The number of alkyl halides is 3. The molecular weight excluding hydrogens is 241 g/mol. The Labute approximate surface area is 95.4 Å². The molecule has 0 atom stereocenters. The monoisotopic (exact) mass is 252 g/mol. The first-order chi connectivity index (χ1) is 7.47. The van der Waals surface area contributed by atoms with E-state index in [0.717, 1.165) is 17.8 Å². The molecule has 0 spiro atoms. The summed E-state index contributed by atoms with van der Waals surface area (Å²) in [4.78, 5) is 7.28. The molecule has 1 aromatic rings. The van der Waals surface area contributed by atoms with Crippen molar-refractivity contribution in [3.63, 3.8) is 0 Å². The zero-order chi connectivity index (χ0) is 12.2. The largest absolute Gasteiger partial charge is 0.478 e. The predicted molar refractivity (Wildman–Crippen MR) is 54.6 cm³/mol. The number of thioether (sulfide) groups is 1. The van der Waals surface area contributed by atoms with E-state index in [1.165, 1.54) is 0 Å². The van der Waals surface area contributed by atoms with Gasteiger partial charge in [-0.05, 0) is 12.7 Å². The number of hydrogen-bond acceptors (Lipinski definition) is 4. The molecule has 0 fully saturated rings. The van der Waals surface area contributed by atoms with Gasteiger partial charge in [-0.3, -0.25) is 0 Å². The molecule has 16 heavy (non-hydrogen) atoms. The van der Waals surface area contributed by atoms with Gasteiger partial charge in [0, 0.05) is 6.07 Å². The van der Waals surface area contributed by atoms with E-state index < -0.39 is 11.9 Å². The molecule has 0 bridgehead atoms. The van der Waals surface area contributed by atoms with Crippen LogP contribution in [0.2, 0.25) is 0 Å². The van der Waals surface area contributed by atoms with Gasteiger partial charge >= 0.3 is 6.18 Å². The number of nitrogens with zero attached hydrogens (tertiary/aromatic N) is 2. The fraction of sp³-hybridized carbons (Fsp3) is 0.556. The van der Waals surface area contributed by atoms with Crippen LogP contribution in [0.4, 0.5) is 13.2 Å². The summed E-state index contributed by atoms with van der Waals surface area (Å²) in [5.41, 5.74) is -0.970. The van der Waals surface area contributed by atoms with Crippen LogP contribution in [-0.2, 0) is 6.18 Å². The smallest absolute Gasteiger partial charge is 0.433 e. The van der Waals surface area contributed by atoms with Crippen LogP contribution in [0.25, 0.3) is 0 Å². The van der Waals surface area contributed by atoms with Crippen molar-refractivity contribution in [2.24, 2.45) is 0 Å². The zero-order valence-electron chi connectivity index (χ0n) is 8.84. The number of ether oxygens (including phenoxy) is 1. The lowest BCUT2D eigenvalue weighted by Gasteiger charge is -2.09. The van der Waals surface area contributed by atoms with Crippen LogP contribution in [0, 0.1) is 0 Å². The Morgan fingerprint density at radius 2 is 2.00 bits per heavy atom. The molecule has 1 heterocycles. The van der Waals surface area contributed by atoms with Crippen LogP contribution < -0.4 is 4.74 Å². The summed E-state index contributed by atoms with van der Waals surface area (Å²) in [5.74, 6) is 0.563. The lowest BCUT2D eigenvalue weighted by Crippen LogP contribution is -2.10. The number of rotatable bonds is 4. The predicted octanol–water partition coefficient (Wildman–Crippen LogP) is 3.01. The summed E-state index contributed by atoms with van der Waals surface area (Å²) in [6.45, 7) is 3.77. The van der Waals surface area contributed by atoms with Gasteiger partial charge in [0.1, 0.15) is 0 Å². The maximum atomic E-state index is 12.5. The van der Waals surface area contributed by atoms with Gasteiger partial charge in [0.05, 0.1) is 6.61 Å². The fourth-order valence-electron chi connectivity index (χ4n) is 0.965. The van der Waals surface area contributed by atoms with Gasteiger partial charge in [-0.15, -0.1) is 0 Å². The molecule has 1 aromatic heterocycles. The van der Waals surface area contributed by atoms with E-state index in [1.807, 2.05) is 6.92 Å². The van der Waals surface area contributed by atoms with Crippen LogP contribution in [0.1, 0.15) is 19.5 Å². The molecular formula is C9H11F3N2OS. The van der Waals surface area contributed by atoms with E-state index in [1.54, 1.807) is 6.92 Å². The first-order valence-electron chi connectivity index (χ1n) is 4.69. The number of aromatic nitrogens is 2. The average Bonchev–Trinajstić information content (AvgIpc) is 2.17. The Balaban J connectivity index is 3.08. The van der Waals surface area contributed by atoms with Gasteiger partial charge in [-0.25, -0.2) is 4.98 Å². The highest BCUT2D eigenvalue weighted by Crippen LogP contribution is 2.30. The second-order valence-corrected chi connectivity index (χ2v) is 3.97. The Kier molecular flexibility index (Phi) is 4.40. The van der Waals surface area contributed by atoms with Crippen molar-refractivity contribution in [1.29, 1.82) is 0 Å². The van der Waals surface area contributed by atoms with Crippen molar-refractivity contribution in [2.45, 2.75) is 25.2 Å². The third kappa shape index (κ3) is 3.55. The second-order valence-electron chi connectivity index (χ2n) is 2.74. The minimum atomic E-state index is -4.47. The van der Waals surface area contributed by atoms with Crippen molar-refractivity contribution in [3.8, 4) is 5.88 Å². The molecule has 0 aromatic carbocycles. The van der Waals surface area contributed by atoms with E-state index in [0.29, 0.717) is 5.75 Å². The summed E-state index contributed by atoms with van der Waals surface area (Å²) >= 11 is 1.14. The Hall–Kier alpha value is -0.980. The standard InChI is InChI=1S/C9H11F3N2OS/c1-3-15-7-5-6(9(10,11)12)13-8(14-7)16-4-2/h5H,3-4H2,1-2H3. The van der Waals surface area contributed by atoms with Gasteiger partial charge in [-0.1, -0.05) is 18.7 Å². The topological polar surface area (TPSA) is 35.0 Å². The summed E-state index contributed by atoms with van der Waals surface area (Å²) in [6, 6.07) is 0.809. The van der Waals surface area contributed by atoms with Crippen LogP contribution in [0.15, 0.2) is 11.2 Å². The first-order valence-corrected chi connectivity index (χ1v) is 5.67. The molecule has 3 nitrogen and oxygen atoms in total. The van der Waals surface area contributed by atoms with Gasteiger partial charge < -0.3 is 4.74 Å². The molecule has 0 aliphatic heterocycles. The molecule has 0 aliphatic rings. The summed E-state index contributed by atoms with van der Waals surface area (Å²) in [5, 5.41) is 0.0841. The number of halogens is 3. The van der Waals surface area contributed by atoms with Crippen LogP contribution >= 0.6 is 11.8 Å². The van der Waals surface area contributed by atoms with E-state index in [9.17, 15) is 13.2 Å². The van der Waals surface area contributed by atoms with Crippen LogP contribution in [-0.4, -0.2) is 22.3 Å². The minimum Gasteiger partial charge on any atom is -0.478 e. The van der Waals surface area contributed by atoms with Crippen molar-refractivity contribution < 1.29 is 17.9 Å². The zero-order valence-corrected chi connectivity index (χ0v) is 9.65. The molecule has 0 amide bonds. The molecule has 0 N–H and O–H groups in total. The highest BCUT2D eigenvalue weighted by atomic mass is 32.2. The third-order valence-corrected chi connectivity index (χ3v) is 2.27. The summed E-state index contributed by atoms with van der Waals surface area (Å²) in [7, 11) is 0. The lowest BCUT2D eigenvalue weighted by atomic mass is 10.4. The average molecular weight is 252 g/mol. The van der Waals surface area contributed by atoms with Gasteiger partial charge in [0.25, 0.3) is 0 Å². The first kappa shape index (κ1) is 13.1. The fourth-order valence-corrected chi connectivity index (χ4v) is 1.54. The molecule has 0 saturated carbocycles. The maximum Gasteiger partial charge on any atom is 0.433 e. The second kappa shape index (κ2) is 5.38. The van der Waals surface area contributed by atoms with E-state index >= 15 is 0 Å². The normalized spacial score (nSPS) is 11.6. The van der Waals surface area contributed by atoms with Gasteiger partial charge in [0.15, 0.2) is 10.9 Å². The van der Waals surface area contributed by atoms with Crippen molar-refractivity contribution in [3.05, 3.63) is 11.8 Å². The third-order valence-electron chi connectivity index (χ3n) is 1.54. The van der Waals surface area contributed by atoms with Gasteiger partial charge in [-0.2, -0.15) is 18.2 Å². The summed E-state index contributed by atoms with van der Waals surface area (Å²) < 4.78 is 42.4. The van der Waals surface area contributed by atoms with E-state index in [4.69, 9.17) is 4.74 Å². The van der Waals surface area contributed by atoms with Crippen LogP contribution in [0.5, 0.6) is 5.88 Å². The van der Waals surface area contributed by atoms with E-state index in [-0.39, 0.29) is 17.6 Å². The molecule has 0 unspecified atom stereocenters. The molecule has 1 rings (SSSR count). The van der Waals surface area contributed by atoms with Crippen molar-refractivity contribution in [2.75, 3.05) is 12.4 Å². The van der Waals surface area contributed by atoms with Gasteiger partial charge in [0.2, 0.25) is 5.88 Å². The molecule has 7 heteroatoms. The summed E-state index contributed by atoms with van der Waals surface area (Å²) in [6.07, 6.45) is -4.47. The highest BCUT2D eigenvalue weighted by molar-refractivity contribution is 7.99. The highest BCUT2D eigenvalue weighted by Gasteiger charge is 2.34. The van der Waals surface area contributed by atoms with Crippen molar-refractivity contribution >= 4 is 11.8 Å². The SMILES string of the molecule is CCOc1cc(C(F)(F)F)nc(SCC)n1. The Morgan fingerprint density at radius 1 is 1.31 bits per heavy atom. The quantitative estimate of drug-likeness (QED) is 0.609. The molecule has 90 valence electrons. The molecule has 0 aliphatic carbocycles. The Bertz CT molecular complexity index is 333. The lowest BCUT2D eigenvalue weighted by molar-refractivity contribution is -0.141. The maximum absolute atomic E-state index is 12.5. The molecule has 0 radical (unpaired) electrons.